The molecule has 1 saturated heterocycles. The first kappa shape index (κ1) is 25.2. The van der Waals surface area contributed by atoms with Crippen molar-refractivity contribution >= 4 is 21.7 Å². The molecule has 8 heteroatoms. The van der Waals surface area contributed by atoms with Crippen LogP contribution in [0, 0.1) is 11.8 Å². The molecule has 35 heavy (non-hydrogen) atoms. The standard InChI is InChI=1S/C27H34N2O5S/c1-5-17(6-2)25-26(30)28-24(21-13-18-9-7-8-10-19(18)14-21)27(31)29(25)16-20-11-12-22(35(4,32)33)15-23(20)34-3/h7-12,15,17,21,24-25H,5-6,13-14,16H2,1-4H3,(H,28,30)/t24-,25-/m1/s1. The summed E-state index contributed by atoms with van der Waals surface area (Å²) in [5, 5.41) is 3.07. The Bertz CT molecular complexity index is 1200. The van der Waals surface area contributed by atoms with Gasteiger partial charge in [0, 0.05) is 11.8 Å². The molecule has 4 rings (SSSR count). The number of rotatable bonds is 8. The molecule has 0 unspecified atom stereocenters. The Hall–Kier alpha value is -2.87. The number of hydrogen-bond acceptors (Lipinski definition) is 5. The van der Waals surface area contributed by atoms with Gasteiger partial charge in [-0.1, -0.05) is 57.0 Å². The monoisotopic (exact) mass is 498 g/mol. The maximum absolute atomic E-state index is 14.0. The molecule has 1 N–H and O–H groups in total. The number of sulfone groups is 1. The van der Waals surface area contributed by atoms with Crippen LogP contribution in [0.15, 0.2) is 47.4 Å². The van der Waals surface area contributed by atoms with Gasteiger partial charge in [-0.3, -0.25) is 9.59 Å². The van der Waals surface area contributed by atoms with Crippen LogP contribution in [0.25, 0.3) is 0 Å². The number of piperazine rings is 1. The summed E-state index contributed by atoms with van der Waals surface area (Å²) in [6.45, 7) is 4.24. The van der Waals surface area contributed by atoms with E-state index in [1.807, 2.05) is 26.0 Å². The van der Waals surface area contributed by atoms with Gasteiger partial charge in [0.05, 0.1) is 18.6 Å². The fourth-order valence-electron chi connectivity index (χ4n) is 5.56. The summed E-state index contributed by atoms with van der Waals surface area (Å²) >= 11 is 0. The fraction of sp³-hybridized carbons (Fsp3) is 0.481. The Labute approximate surface area is 207 Å². The Morgan fingerprint density at radius 2 is 1.69 bits per heavy atom. The van der Waals surface area contributed by atoms with Crippen LogP contribution in [0.4, 0.5) is 0 Å². The van der Waals surface area contributed by atoms with E-state index >= 15 is 0 Å². The van der Waals surface area contributed by atoms with Crippen molar-refractivity contribution in [2.24, 2.45) is 11.8 Å². The molecule has 0 bridgehead atoms. The summed E-state index contributed by atoms with van der Waals surface area (Å²) in [4.78, 5) is 29.3. The van der Waals surface area contributed by atoms with Crippen molar-refractivity contribution < 1.29 is 22.7 Å². The molecule has 2 aromatic carbocycles. The lowest BCUT2D eigenvalue weighted by Crippen LogP contribution is -2.66. The van der Waals surface area contributed by atoms with E-state index in [0.29, 0.717) is 11.3 Å². The Morgan fingerprint density at radius 1 is 1.06 bits per heavy atom. The number of ether oxygens (including phenoxy) is 1. The third kappa shape index (κ3) is 4.94. The molecule has 7 nitrogen and oxygen atoms in total. The number of carbonyl (C=O) groups excluding carboxylic acids is 2. The summed E-state index contributed by atoms with van der Waals surface area (Å²) in [5.74, 6) is 0.199. The minimum atomic E-state index is -3.41. The Balaban J connectivity index is 1.68. The zero-order valence-electron chi connectivity index (χ0n) is 20.8. The van der Waals surface area contributed by atoms with Crippen LogP contribution in [0.3, 0.4) is 0 Å². The van der Waals surface area contributed by atoms with E-state index in [9.17, 15) is 18.0 Å². The van der Waals surface area contributed by atoms with Crippen LogP contribution in [0.5, 0.6) is 5.75 Å². The number of carbonyl (C=O) groups is 2. The molecule has 0 radical (unpaired) electrons. The summed E-state index contributed by atoms with van der Waals surface area (Å²) in [6.07, 6.45) is 4.18. The maximum Gasteiger partial charge on any atom is 0.246 e. The molecule has 1 heterocycles. The van der Waals surface area contributed by atoms with Crippen molar-refractivity contribution in [3.8, 4) is 5.75 Å². The molecule has 2 aromatic rings. The number of methoxy groups -OCH3 is 1. The summed E-state index contributed by atoms with van der Waals surface area (Å²) < 4.78 is 29.6. The zero-order valence-corrected chi connectivity index (χ0v) is 21.6. The van der Waals surface area contributed by atoms with Gasteiger partial charge in [-0.25, -0.2) is 8.42 Å². The van der Waals surface area contributed by atoms with Gasteiger partial charge in [-0.15, -0.1) is 0 Å². The molecular formula is C27H34N2O5S. The lowest BCUT2D eigenvalue weighted by atomic mass is 9.86. The van der Waals surface area contributed by atoms with E-state index in [-0.39, 0.29) is 35.1 Å². The lowest BCUT2D eigenvalue weighted by molar-refractivity contribution is -0.154. The highest BCUT2D eigenvalue weighted by atomic mass is 32.2. The number of nitrogens with one attached hydrogen (secondary N) is 1. The van der Waals surface area contributed by atoms with Crippen LogP contribution in [0.1, 0.15) is 43.4 Å². The van der Waals surface area contributed by atoms with Crippen LogP contribution in [-0.2, 0) is 38.8 Å². The first-order chi connectivity index (χ1) is 16.7. The van der Waals surface area contributed by atoms with Crippen LogP contribution in [0.2, 0.25) is 0 Å². The van der Waals surface area contributed by atoms with Crippen molar-refractivity contribution in [1.82, 2.24) is 10.2 Å². The van der Waals surface area contributed by atoms with Gasteiger partial charge in [-0.2, -0.15) is 0 Å². The Morgan fingerprint density at radius 3 is 2.23 bits per heavy atom. The zero-order chi connectivity index (χ0) is 25.3. The molecule has 2 atom stereocenters. The second kappa shape index (κ2) is 10.0. The molecule has 1 aliphatic heterocycles. The fourth-order valence-corrected chi connectivity index (χ4v) is 6.19. The molecule has 2 amide bonds. The molecule has 0 spiro atoms. The van der Waals surface area contributed by atoms with Gasteiger partial charge in [0.1, 0.15) is 17.8 Å². The quantitative estimate of drug-likeness (QED) is 0.604. The van der Waals surface area contributed by atoms with E-state index in [2.05, 4.69) is 17.4 Å². The molecule has 1 fully saturated rings. The highest BCUT2D eigenvalue weighted by molar-refractivity contribution is 7.90. The normalized spacial score (nSPS) is 20.8. The largest absolute Gasteiger partial charge is 0.496 e. The molecule has 1 aliphatic carbocycles. The van der Waals surface area contributed by atoms with E-state index in [0.717, 1.165) is 31.9 Å². The SMILES string of the molecule is CCC(CC)[C@@H]1C(=O)N[C@H](C2Cc3ccccc3C2)C(=O)N1Cc1ccc(S(C)(=O)=O)cc1OC. The van der Waals surface area contributed by atoms with Crippen molar-refractivity contribution in [3.63, 3.8) is 0 Å². The van der Waals surface area contributed by atoms with E-state index in [1.54, 1.807) is 11.0 Å². The predicted molar refractivity (Wildman–Crippen MR) is 134 cm³/mol. The lowest BCUT2D eigenvalue weighted by Gasteiger charge is -2.43. The highest BCUT2D eigenvalue weighted by Crippen LogP contribution is 2.34. The minimum Gasteiger partial charge on any atom is -0.496 e. The van der Waals surface area contributed by atoms with Crippen molar-refractivity contribution in [1.29, 1.82) is 0 Å². The molecule has 188 valence electrons. The molecule has 0 saturated carbocycles. The smallest absolute Gasteiger partial charge is 0.246 e. The average molecular weight is 499 g/mol. The van der Waals surface area contributed by atoms with E-state index < -0.39 is 21.9 Å². The highest BCUT2D eigenvalue weighted by Gasteiger charge is 2.47. The van der Waals surface area contributed by atoms with E-state index in [4.69, 9.17) is 4.74 Å². The van der Waals surface area contributed by atoms with E-state index in [1.165, 1.54) is 30.4 Å². The van der Waals surface area contributed by atoms with Crippen molar-refractivity contribution in [2.45, 2.75) is 63.1 Å². The summed E-state index contributed by atoms with van der Waals surface area (Å²) in [7, 11) is -1.93. The number of nitrogens with zero attached hydrogens (tertiary/aromatic N) is 1. The number of amides is 2. The van der Waals surface area contributed by atoms with Crippen LogP contribution in [-0.4, -0.2) is 50.6 Å². The first-order valence-corrected chi connectivity index (χ1v) is 14.1. The number of hydrogen-bond donors (Lipinski definition) is 1. The first-order valence-electron chi connectivity index (χ1n) is 12.2. The molecular weight excluding hydrogens is 464 g/mol. The van der Waals surface area contributed by atoms with Gasteiger partial charge in [-0.05, 0) is 47.9 Å². The third-order valence-corrected chi connectivity index (χ3v) is 8.64. The van der Waals surface area contributed by atoms with Gasteiger partial charge < -0.3 is 15.0 Å². The third-order valence-electron chi connectivity index (χ3n) is 7.53. The summed E-state index contributed by atoms with van der Waals surface area (Å²) in [6, 6.07) is 11.7. The van der Waals surface area contributed by atoms with Gasteiger partial charge in [0.2, 0.25) is 11.8 Å². The summed E-state index contributed by atoms with van der Waals surface area (Å²) in [5.41, 5.74) is 3.13. The number of benzene rings is 2. The molecule has 0 aromatic heterocycles. The van der Waals surface area contributed by atoms with Crippen LogP contribution >= 0.6 is 0 Å². The second-order valence-corrected chi connectivity index (χ2v) is 11.7. The van der Waals surface area contributed by atoms with Crippen molar-refractivity contribution in [3.05, 3.63) is 59.2 Å². The van der Waals surface area contributed by atoms with Crippen LogP contribution < -0.4 is 10.1 Å². The maximum atomic E-state index is 14.0. The second-order valence-electron chi connectivity index (χ2n) is 9.66. The predicted octanol–water partition coefficient (Wildman–Crippen LogP) is 3.15. The Kier molecular flexibility index (Phi) is 7.22. The topological polar surface area (TPSA) is 92.8 Å². The molecule has 2 aliphatic rings. The van der Waals surface area contributed by atoms with Gasteiger partial charge in [0.15, 0.2) is 9.84 Å². The van der Waals surface area contributed by atoms with Gasteiger partial charge >= 0.3 is 0 Å². The number of fused-ring (bicyclic) bond motifs is 1. The van der Waals surface area contributed by atoms with Crippen molar-refractivity contribution in [2.75, 3.05) is 13.4 Å². The average Bonchev–Trinajstić information content (AvgIpc) is 3.27. The minimum absolute atomic E-state index is 0.00325. The van der Waals surface area contributed by atoms with Gasteiger partial charge in [0.25, 0.3) is 0 Å².